The molecule has 0 bridgehead atoms. The summed E-state index contributed by atoms with van der Waals surface area (Å²) in [5.41, 5.74) is 5.56. The van der Waals surface area contributed by atoms with Gasteiger partial charge in [0.2, 0.25) is 5.91 Å². The number of carbonyl (C=O) groups excluding carboxylic acids is 1. The second-order valence-corrected chi connectivity index (χ2v) is 4.74. The summed E-state index contributed by atoms with van der Waals surface area (Å²) in [6.45, 7) is 3.93. The summed E-state index contributed by atoms with van der Waals surface area (Å²) in [6, 6.07) is -0.00796. The number of rotatable bonds is 6. The number of hydrogen-bond acceptors (Lipinski definition) is 2. The van der Waals surface area contributed by atoms with Crippen LogP contribution in [0.2, 0.25) is 0 Å². The Bertz CT molecular complexity index is 200. The van der Waals surface area contributed by atoms with E-state index in [1.165, 1.54) is 32.1 Å². The SMILES string of the molecule is CCCCC(NC(=O)[C@H](C)N)C1CCC1. The van der Waals surface area contributed by atoms with Gasteiger partial charge >= 0.3 is 0 Å². The standard InChI is InChI=1S/C12H24N2O/c1-3-4-8-11(10-6-5-7-10)14-12(15)9(2)13/h9-11H,3-8,13H2,1-2H3,(H,14,15)/t9-,11?/m0/s1. The van der Waals surface area contributed by atoms with Crippen LogP contribution in [0, 0.1) is 5.92 Å². The van der Waals surface area contributed by atoms with Crippen molar-refractivity contribution in [2.75, 3.05) is 0 Å². The van der Waals surface area contributed by atoms with Crippen molar-refractivity contribution in [3.8, 4) is 0 Å². The summed E-state index contributed by atoms with van der Waals surface area (Å²) in [4.78, 5) is 11.5. The lowest BCUT2D eigenvalue weighted by atomic mass is 9.78. The first-order valence-electron chi connectivity index (χ1n) is 6.21. The van der Waals surface area contributed by atoms with Crippen LogP contribution in [0.25, 0.3) is 0 Å². The molecule has 1 aliphatic carbocycles. The van der Waals surface area contributed by atoms with Crippen molar-refractivity contribution in [2.45, 2.75) is 64.5 Å². The number of nitrogens with one attached hydrogen (secondary N) is 1. The van der Waals surface area contributed by atoms with Crippen molar-refractivity contribution < 1.29 is 4.79 Å². The molecule has 1 unspecified atom stereocenters. The third kappa shape index (κ3) is 3.82. The van der Waals surface area contributed by atoms with E-state index >= 15 is 0 Å². The van der Waals surface area contributed by atoms with Crippen LogP contribution in [0.3, 0.4) is 0 Å². The Labute approximate surface area is 92.8 Å². The van der Waals surface area contributed by atoms with Gasteiger partial charge < -0.3 is 11.1 Å². The van der Waals surface area contributed by atoms with Crippen LogP contribution in [-0.4, -0.2) is 18.0 Å². The van der Waals surface area contributed by atoms with Gasteiger partial charge in [-0.3, -0.25) is 4.79 Å². The van der Waals surface area contributed by atoms with Crippen LogP contribution in [-0.2, 0) is 4.79 Å². The van der Waals surface area contributed by atoms with Crippen LogP contribution < -0.4 is 11.1 Å². The smallest absolute Gasteiger partial charge is 0.236 e. The Morgan fingerprint density at radius 1 is 1.53 bits per heavy atom. The van der Waals surface area contributed by atoms with Gasteiger partial charge in [0.05, 0.1) is 6.04 Å². The molecule has 1 amide bonds. The highest BCUT2D eigenvalue weighted by Crippen LogP contribution is 2.31. The van der Waals surface area contributed by atoms with Crippen molar-refractivity contribution in [1.29, 1.82) is 0 Å². The fraction of sp³-hybridized carbons (Fsp3) is 0.917. The topological polar surface area (TPSA) is 55.1 Å². The van der Waals surface area contributed by atoms with Crippen LogP contribution in [0.1, 0.15) is 52.4 Å². The molecule has 0 aromatic rings. The van der Waals surface area contributed by atoms with E-state index in [0.717, 1.165) is 6.42 Å². The van der Waals surface area contributed by atoms with E-state index in [0.29, 0.717) is 12.0 Å². The summed E-state index contributed by atoms with van der Waals surface area (Å²) in [5, 5.41) is 3.09. The van der Waals surface area contributed by atoms with Crippen molar-refractivity contribution in [1.82, 2.24) is 5.32 Å². The van der Waals surface area contributed by atoms with Gasteiger partial charge in [0.25, 0.3) is 0 Å². The minimum absolute atomic E-state index is 0.00278. The molecule has 0 heterocycles. The van der Waals surface area contributed by atoms with Crippen molar-refractivity contribution in [2.24, 2.45) is 11.7 Å². The molecule has 3 heteroatoms. The Morgan fingerprint density at radius 3 is 2.60 bits per heavy atom. The van der Waals surface area contributed by atoms with E-state index in [-0.39, 0.29) is 11.9 Å². The highest BCUT2D eigenvalue weighted by Gasteiger charge is 2.28. The maximum Gasteiger partial charge on any atom is 0.236 e. The summed E-state index contributed by atoms with van der Waals surface area (Å²) in [7, 11) is 0. The molecule has 0 spiro atoms. The predicted octanol–water partition coefficient (Wildman–Crippen LogP) is 1.81. The zero-order chi connectivity index (χ0) is 11.3. The lowest BCUT2D eigenvalue weighted by molar-refractivity contribution is -0.123. The minimum Gasteiger partial charge on any atom is -0.352 e. The molecule has 88 valence electrons. The number of carbonyl (C=O) groups is 1. The molecule has 0 radical (unpaired) electrons. The third-order valence-corrected chi connectivity index (χ3v) is 3.33. The van der Waals surface area contributed by atoms with Crippen molar-refractivity contribution >= 4 is 5.91 Å². The predicted molar refractivity (Wildman–Crippen MR) is 62.4 cm³/mol. The quantitative estimate of drug-likeness (QED) is 0.705. The first-order chi connectivity index (χ1) is 7.15. The second-order valence-electron chi connectivity index (χ2n) is 4.74. The average Bonchev–Trinajstić information content (AvgIpc) is 2.10. The Kier molecular flexibility index (Phi) is 5.09. The zero-order valence-electron chi connectivity index (χ0n) is 9.96. The summed E-state index contributed by atoms with van der Waals surface area (Å²) >= 11 is 0. The maximum absolute atomic E-state index is 11.5. The van der Waals surface area contributed by atoms with Gasteiger partial charge in [-0.25, -0.2) is 0 Å². The molecular formula is C12H24N2O. The Morgan fingerprint density at radius 2 is 2.20 bits per heavy atom. The first kappa shape index (κ1) is 12.5. The summed E-state index contributed by atoms with van der Waals surface area (Å²) < 4.78 is 0. The van der Waals surface area contributed by atoms with Gasteiger partial charge in [-0.05, 0) is 32.1 Å². The molecule has 1 rings (SSSR count). The molecule has 3 N–H and O–H groups in total. The molecule has 15 heavy (non-hydrogen) atoms. The molecule has 2 atom stereocenters. The van der Waals surface area contributed by atoms with Crippen LogP contribution in [0.15, 0.2) is 0 Å². The highest BCUT2D eigenvalue weighted by atomic mass is 16.2. The monoisotopic (exact) mass is 212 g/mol. The molecule has 3 nitrogen and oxygen atoms in total. The average molecular weight is 212 g/mol. The van der Waals surface area contributed by atoms with E-state index in [2.05, 4.69) is 12.2 Å². The van der Waals surface area contributed by atoms with E-state index in [4.69, 9.17) is 5.73 Å². The Balaban J connectivity index is 2.37. The minimum atomic E-state index is -0.380. The van der Waals surface area contributed by atoms with E-state index < -0.39 is 0 Å². The fourth-order valence-corrected chi connectivity index (χ4v) is 2.01. The molecule has 1 fully saturated rings. The molecule has 1 saturated carbocycles. The summed E-state index contributed by atoms with van der Waals surface area (Å²) in [6.07, 6.45) is 7.36. The van der Waals surface area contributed by atoms with Crippen LogP contribution in [0.5, 0.6) is 0 Å². The fourth-order valence-electron chi connectivity index (χ4n) is 2.01. The molecule has 0 aliphatic heterocycles. The van der Waals surface area contributed by atoms with E-state index in [9.17, 15) is 4.79 Å². The third-order valence-electron chi connectivity index (χ3n) is 3.33. The normalized spacial score (nSPS) is 20.5. The van der Waals surface area contributed by atoms with Crippen LogP contribution >= 0.6 is 0 Å². The lowest BCUT2D eigenvalue weighted by Crippen LogP contribution is -2.48. The van der Waals surface area contributed by atoms with Gasteiger partial charge in [0.15, 0.2) is 0 Å². The maximum atomic E-state index is 11.5. The molecule has 0 saturated heterocycles. The van der Waals surface area contributed by atoms with Crippen molar-refractivity contribution in [3.63, 3.8) is 0 Å². The van der Waals surface area contributed by atoms with Crippen molar-refractivity contribution in [3.05, 3.63) is 0 Å². The largest absolute Gasteiger partial charge is 0.352 e. The number of nitrogens with two attached hydrogens (primary N) is 1. The van der Waals surface area contributed by atoms with Gasteiger partial charge in [0.1, 0.15) is 0 Å². The van der Waals surface area contributed by atoms with Gasteiger partial charge in [-0.1, -0.05) is 26.2 Å². The van der Waals surface area contributed by atoms with Gasteiger partial charge in [-0.2, -0.15) is 0 Å². The van der Waals surface area contributed by atoms with E-state index in [1.54, 1.807) is 6.92 Å². The number of hydrogen-bond donors (Lipinski definition) is 2. The van der Waals surface area contributed by atoms with Crippen LogP contribution in [0.4, 0.5) is 0 Å². The molecule has 0 aromatic heterocycles. The Hall–Kier alpha value is -0.570. The second kappa shape index (κ2) is 6.11. The number of amides is 1. The van der Waals surface area contributed by atoms with Gasteiger partial charge in [-0.15, -0.1) is 0 Å². The van der Waals surface area contributed by atoms with Gasteiger partial charge in [0, 0.05) is 6.04 Å². The zero-order valence-corrected chi connectivity index (χ0v) is 9.96. The summed E-state index contributed by atoms with van der Waals surface area (Å²) in [5.74, 6) is 0.710. The van der Waals surface area contributed by atoms with E-state index in [1.807, 2.05) is 0 Å². The lowest BCUT2D eigenvalue weighted by Gasteiger charge is -2.34. The highest BCUT2D eigenvalue weighted by molar-refractivity contribution is 5.81. The molecular weight excluding hydrogens is 188 g/mol. The number of unbranched alkanes of at least 4 members (excludes halogenated alkanes) is 1. The first-order valence-corrected chi connectivity index (χ1v) is 6.21. The molecule has 1 aliphatic rings. The molecule has 0 aromatic carbocycles.